The van der Waals surface area contributed by atoms with Crippen LogP contribution >= 0.6 is 34.2 Å². The zero-order chi connectivity index (χ0) is 13.7. The summed E-state index contributed by atoms with van der Waals surface area (Å²) >= 11 is 8.14. The summed E-state index contributed by atoms with van der Waals surface area (Å²) in [6.45, 7) is 4.53. The molecule has 1 aromatic rings. The van der Waals surface area contributed by atoms with Gasteiger partial charge in [0.25, 0.3) is 0 Å². The minimum absolute atomic E-state index is 0.385. The van der Waals surface area contributed by atoms with E-state index in [1.807, 2.05) is 18.2 Å². The molecule has 1 aromatic carbocycles. The molecule has 1 heterocycles. The van der Waals surface area contributed by atoms with Crippen LogP contribution in [0.4, 0.5) is 5.69 Å². The van der Waals surface area contributed by atoms with Crippen LogP contribution in [0.25, 0.3) is 0 Å². The number of hydrogen-bond acceptors (Lipinski definition) is 4. The number of rotatable bonds is 5. The van der Waals surface area contributed by atoms with Crippen LogP contribution in [0.2, 0.25) is 5.02 Å². The van der Waals surface area contributed by atoms with Gasteiger partial charge in [-0.25, -0.2) is 0 Å². The molecule has 4 nitrogen and oxygen atoms in total. The molecule has 0 spiro atoms. The van der Waals surface area contributed by atoms with Gasteiger partial charge >= 0.3 is 0 Å². The van der Waals surface area contributed by atoms with Gasteiger partial charge in [-0.1, -0.05) is 11.6 Å². The lowest BCUT2D eigenvalue weighted by Crippen LogP contribution is -2.42. The van der Waals surface area contributed by atoms with Crippen molar-refractivity contribution < 1.29 is 9.84 Å². The first-order valence-electron chi connectivity index (χ1n) is 6.32. The van der Waals surface area contributed by atoms with Crippen LogP contribution < -0.4 is 5.32 Å². The van der Waals surface area contributed by atoms with Gasteiger partial charge in [0.15, 0.2) is 0 Å². The maximum Gasteiger partial charge on any atom is 0.0839 e. The van der Waals surface area contributed by atoms with E-state index >= 15 is 0 Å². The Labute approximate surface area is 132 Å². The quantitative estimate of drug-likeness (QED) is 0.748. The van der Waals surface area contributed by atoms with Crippen LogP contribution in [0.15, 0.2) is 18.2 Å². The van der Waals surface area contributed by atoms with E-state index in [4.69, 9.17) is 16.3 Å². The Hall–Kier alpha value is -0.0800. The standard InChI is InChI=1S/C13H18ClIN2O2/c14-10-1-2-13(12(15)7-10)16-8-11(18)9-17-3-5-19-6-4-17/h1-2,7,11,16,18H,3-6,8-9H2. The highest BCUT2D eigenvalue weighted by atomic mass is 127. The van der Waals surface area contributed by atoms with E-state index in [1.165, 1.54) is 0 Å². The number of benzene rings is 1. The zero-order valence-corrected chi connectivity index (χ0v) is 13.5. The first-order valence-corrected chi connectivity index (χ1v) is 7.78. The maximum atomic E-state index is 10.0. The number of anilines is 1. The van der Waals surface area contributed by atoms with Gasteiger partial charge in [0.2, 0.25) is 0 Å². The third-order valence-corrected chi connectivity index (χ3v) is 4.16. The Morgan fingerprint density at radius 2 is 2.16 bits per heavy atom. The van der Waals surface area contributed by atoms with Gasteiger partial charge in [-0.3, -0.25) is 4.90 Å². The van der Waals surface area contributed by atoms with Crippen molar-refractivity contribution in [1.82, 2.24) is 4.90 Å². The number of ether oxygens (including phenoxy) is 1. The number of aliphatic hydroxyl groups excluding tert-OH is 1. The Morgan fingerprint density at radius 1 is 1.42 bits per heavy atom. The number of halogens is 2. The predicted octanol–water partition coefficient (Wildman–Crippen LogP) is 2.05. The molecule has 0 radical (unpaired) electrons. The average molecular weight is 397 g/mol. The van der Waals surface area contributed by atoms with Gasteiger partial charge < -0.3 is 15.2 Å². The van der Waals surface area contributed by atoms with Crippen LogP contribution in [0.5, 0.6) is 0 Å². The molecular weight excluding hydrogens is 379 g/mol. The molecular formula is C13H18ClIN2O2. The lowest BCUT2D eigenvalue weighted by molar-refractivity contribution is 0.0171. The molecule has 106 valence electrons. The van der Waals surface area contributed by atoms with Gasteiger partial charge in [0.1, 0.15) is 0 Å². The second kappa shape index (κ2) is 7.64. The second-order valence-corrected chi connectivity index (χ2v) is 6.17. The van der Waals surface area contributed by atoms with Crippen LogP contribution in [0.1, 0.15) is 0 Å². The van der Waals surface area contributed by atoms with Crippen LogP contribution in [0, 0.1) is 3.57 Å². The molecule has 0 aromatic heterocycles. The van der Waals surface area contributed by atoms with Gasteiger partial charge in [-0.2, -0.15) is 0 Å². The average Bonchev–Trinajstić information content (AvgIpc) is 2.39. The van der Waals surface area contributed by atoms with Gasteiger partial charge in [0.05, 0.1) is 19.3 Å². The Bertz CT molecular complexity index is 414. The second-order valence-electron chi connectivity index (χ2n) is 4.57. The molecule has 0 saturated carbocycles. The fraction of sp³-hybridized carbons (Fsp3) is 0.538. The molecule has 0 bridgehead atoms. The predicted molar refractivity (Wildman–Crippen MR) is 85.9 cm³/mol. The van der Waals surface area contributed by atoms with E-state index in [0.29, 0.717) is 13.1 Å². The maximum absolute atomic E-state index is 10.0. The summed E-state index contributed by atoms with van der Waals surface area (Å²) in [5, 5.41) is 14.0. The fourth-order valence-corrected chi connectivity index (χ4v) is 3.07. The number of aliphatic hydroxyl groups is 1. The summed E-state index contributed by atoms with van der Waals surface area (Å²) in [6.07, 6.45) is -0.385. The Morgan fingerprint density at radius 3 is 2.84 bits per heavy atom. The molecule has 2 N–H and O–H groups in total. The topological polar surface area (TPSA) is 44.7 Å². The summed E-state index contributed by atoms with van der Waals surface area (Å²) in [6, 6.07) is 5.69. The molecule has 1 aliphatic heterocycles. The summed E-state index contributed by atoms with van der Waals surface area (Å²) in [7, 11) is 0. The highest BCUT2D eigenvalue weighted by Crippen LogP contribution is 2.22. The van der Waals surface area contributed by atoms with Crippen molar-refractivity contribution >= 4 is 39.9 Å². The molecule has 2 rings (SSSR count). The zero-order valence-electron chi connectivity index (χ0n) is 10.6. The minimum atomic E-state index is -0.385. The van der Waals surface area contributed by atoms with Crippen molar-refractivity contribution in [2.45, 2.75) is 6.10 Å². The molecule has 1 fully saturated rings. The number of nitrogens with one attached hydrogen (secondary N) is 1. The highest BCUT2D eigenvalue weighted by molar-refractivity contribution is 14.1. The lowest BCUT2D eigenvalue weighted by Gasteiger charge is -2.28. The first kappa shape index (κ1) is 15.3. The van der Waals surface area contributed by atoms with Crippen LogP contribution in [0.3, 0.4) is 0 Å². The van der Waals surface area contributed by atoms with E-state index in [1.54, 1.807) is 0 Å². The van der Waals surface area contributed by atoms with E-state index in [0.717, 1.165) is 40.6 Å². The van der Waals surface area contributed by atoms with Crippen molar-refractivity contribution in [2.75, 3.05) is 44.7 Å². The molecule has 1 unspecified atom stereocenters. The largest absolute Gasteiger partial charge is 0.390 e. The molecule has 19 heavy (non-hydrogen) atoms. The summed E-state index contributed by atoms with van der Waals surface area (Å²) in [5.41, 5.74) is 1.01. The molecule has 1 aliphatic rings. The number of nitrogens with zero attached hydrogens (tertiary/aromatic N) is 1. The summed E-state index contributed by atoms with van der Waals surface area (Å²) in [4.78, 5) is 2.22. The summed E-state index contributed by atoms with van der Waals surface area (Å²) in [5.74, 6) is 0. The highest BCUT2D eigenvalue weighted by Gasteiger charge is 2.14. The van der Waals surface area contributed by atoms with Gasteiger partial charge in [0, 0.05) is 40.5 Å². The number of β-amino-alcohol motifs (C(OH)–C–C–N with tert-alkyl or cyclic N) is 1. The van der Waals surface area contributed by atoms with Crippen molar-refractivity contribution in [3.8, 4) is 0 Å². The monoisotopic (exact) mass is 396 g/mol. The third-order valence-electron chi connectivity index (χ3n) is 3.03. The van der Waals surface area contributed by atoms with Crippen molar-refractivity contribution in [1.29, 1.82) is 0 Å². The number of morpholine rings is 1. The van der Waals surface area contributed by atoms with Crippen LogP contribution in [-0.4, -0.2) is 55.5 Å². The van der Waals surface area contributed by atoms with E-state index in [9.17, 15) is 5.11 Å². The van der Waals surface area contributed by atoms with Crippen LogP contribution in [-0.2, 0) is 4.74 Å². The molecule has 6 heteroatoms. The van der Waals surface area contributed by atoms with E-state index < -0.39 is 0 Å². The van der Waals surface area contributed by atoms with E-state index in [-0.39, 0.29) is 6.10 Å². The third kappa shape index (κ3) is 5.07. The van der Waals surface area contributed by atoms with E-state index in [2.05, 4.69) is 32.8 Å². The molecule has 0 amide bonds. The fourth-order valence-electron chi connectivity index (χ4n) is 2.01. The van der Waals surface area contributed by atoms with Gasteiger partial charge in [-0.15, -0.1) is 0 Å². The molecule has 1 atom stereocenters. The lowest BCUT2D eigenvalue weighted by atomic mass is 10.2. The Balaban J connectivity index is 1.77. The van der Waals surface area contributed by atoms with Crippen molar-refractivity contribution in [3.05, 3.63) is 26.8 Å². The molecule has 0 aliphatic carbocycles. The first-order chi connectivity index (χ1) is 9.15. The van der Waals surface area contributed by atoms with Crippen molar-refractivity contribution in [3.63, 3.8) is 0 Å². The smallest absolute Gasteiger partial charge is 0.0839 e. The van der Waals surface area contributed by atoms with Gasteiger partial charge in [-0.05, 0) is 40.8 Å². The van der Waals surface area contributed by atoms with Crippen molar-refractivity contribution in [2.24, 2.45) is 0 Å². The minimum Gasteiger partial charge on any atom is -0.390 e. The number of hydrogen-bond donors (Lipinski definition) is 2. The molecule has 1 saturated heterocycles. The SMILES string of the molecule is OC(CNc1ccc(Cl)cc1I)CN1CCOCC1. The normalized spacial score (nSPS) is 18.3. The Kier molecular flexibility index (Phi) is 6.15. The summed E-state index contributed by atoms with van der Waals surface area (Å²) < 4.78 is 6.34.